The molecule has 0 aromatic heterocycles. The second kappa shape index (κ2) is 4.83. The van der Waals surface area contributed by atoms with E-state index in [-0.39, 0.29) is 5.82 Å². The van der Waals surface area contributed by atoms with E-state index in [0.717, 1.165) is 5.69 Å². The summed E-state index contributed by atoms with van der Waals surface area (Å²) in [6, 6.07) is 6.67. The van der Waals surface area contributed by atoms with Crippen molar-refractivity contribution in [2.24, 2.45) is 0 Å². The smallest absolute Gasteiger partial charge is 0.137 e. The number of hydrogen-bond donors (Lipinski definition) is 1. The summed E-state index contributed by atoms with van der Waals surface area (Å²) in [5.74, 6) is -0.286. The fourth-order valence-corrected chi connectivity index (χ4v) is 1.25. The van der Waals surface area contributed by atoms with Crippen LogP contribution in [0.3, 0.4) is 0 Å². The van der Waals surface area contributed by atoms with Gasteiger partial charge in [-0.1, -0.05) is 0 Å². The molecular weight excluding hydrogens is 235 g/mol. The normalized spacial score (nSPS) is 9.31. The minimum atomic E-state index is -0.286. The van der Waals surface area contributed by atoms with Crippen molar-refractivity contribution < 1.29 is 4.39 Å². The molecule has 1 rings (SSSR count). The van der Waals surface area contributed by atoms with Gasteiger partial charge < -0.3 is 5.32 Å². The summed E-state index contributed by atoms with van der Waals surface area (Å²) in [4.78, 5) is 0. The van der Waals surface area contributed by atoms with Gasteiger partial charge in [0.05, 0.1) is 17.0 Å². The molecule has 68 valence electrons. The van der Waals surface area contributed by atoms with Crippen molar-refractivity contribution in [3.8, 4) is 6.07 Å². The van der Waals surface area contributed by atoms with Crippen LogP contribution in [0.25, 0.3) is 0 Å². The van der Waals surface area contributed by atoms with E-state index >= 15 is 0 Å². The van der Waals surface area contributed by atoms with E-state index in [0.29, 0.717) is 17.4 Å². The van der Waals surface area contributed by atoms with E-state index in [9.17, 15) is 4.39 Å². The minimum Gasteiger partial charge on any atom is -0.384 e. The van der Waals surface area contributed by atoms with Crippen LogP contribution in [0.15, 0.2) is 22.7 Å². The molecule has 4 heteroatoms. The third-order valence-electron chi connectivity index (χ3n) is 1.49. The Balaban J connectivity index is 2.59. The lowest BCUT2D eigenvalue weighted by Crippen LogP contribution is -2.00. The second-order valence-electron chi connectivity index (χ2n) is 2.46. The van der Waals surface area contributed by atoms with Crippen LogP contribution in [0.2, 0.25) is 0 Å². The van der Waals surface area contributed by atoms with E-state index in [4.69, 9.17) is 5.26 Å². The van der Waals surface area contributed by atoms with Gasteiger partial charge in [-0.25, -0.2) is 4.39 Å². The van der Waals surface area contributed by atoms with Gasteiger partial charge in [-0.2, -0.15) is 5.26 Å². The summed E-state index contributed by atoms with van der Waals surface area (Å²) in [5, 5.41) is 11.3. The third kappa shape index (κ3) is 3.03. The maximum absolute atomic E-state index is 12.8. The van der Waals surface area contributed by atoms with Crippen LogP contribution in [-0.4, -0.2) is 6.54 Å². The number of hydrogen-bond acceptors (Lipinski definition) is 2. The number of benzene rings is 1. The fourth-order valence-electron chi connectivity index (χ4n) is 0.869. The van der Waals surface area contributed by atoms with Gasteiger partial charge in [-0.05, 0) is 34.1 Å². The molecular formula is C9H8BrFN2. The molecule has 0 radical (unpaired) electrons. The van der Waals surface area contributed by atoms with Crippen molar-refractivity contribution in [3.05, 3.63) is 28.5 Å². The van der Waals surface area contributed by atoms with Gasteiger partial charge in [0.15, 0.2) is 0 Å². The first-order chi connectivity index (χ1) is 6.24. The van der Waals surface area contributed by atoms with Crippen molar-refractivity contribution in [1.29, 1.82) is 5.26 Å². The van der Waals surface area contributed by atoms with Crippen molar-refractivity contribution in [2.75, 3.05) is 11.9 Å². The van der Waals surface area contributed by atoms with E-state index in [1.807, 2.05) is 6.07 Å². The first-order valence-electron chi connectivity index (χ1n) is 3.80. The lowest BCUT2D eigenvalue weighted by molar-refractivity contribution is 0.621. The summed E-state index contributed by atoms with van der Waals surface area (Å²) >= 11 is 3.08. The van der Waals surface area contributed by atoms with Crippen LogP contribution in [0.4, 0.5) is 10.1 Å². The highest BCUT2D eigenvalue weighted by molar-refractivity contribution is 9.10. The van der Waals surface area contributed by atoms with Crippen LogP contribution in [0.1, 0.15) is 6.42 Å². The monoisotopic (exact) mass is 242 g/mol. The molecule has 0 unspecified atom stereocenters. The molecule has 0 amide bonds. The fraction of sp³-hybridized carbons (Fsp3) is 0.222. The van der Waals surface area contributed by atoms with Gasteiger partial charge in [0.1, 0.15) is 5.82 Å². The first kappa shape index (κ1) is 10.0. The van der Waals surface area contributed by atoms with Crippen LogP contribution in [0.5, 0.6) is 0 Å². The second-order valence-corrected chi connectivity index (χ2v) is 3.32. The van der Waals surface area contributed by atoms with Crippen molar-refractivity contribution >= 4 is 21.6 Å². The summed E-state index contributed by atoms with van der Waals surface area (Å²) in [7, 11) is 0. The third-order valence-corrected chi connectivity index (χ3v) is 2.09. The number of rotatable bonds is 3. The molecule has 2 nitrogen and oxygen atoms in total. The number of halogens is 2. The van der Waals surface area contributed by atoms with Crippen LogP contribution >= 0.6 is 15.9 Å². The Hall–Kier alpha value is -1.08. The Morgan fingerprint density at radius 1 is 1.54 bits per heavy atom. The van der Waals surface area contributed by atoms with Gasteiger partial charge in [0.2, 0.25) is 0 Å². The molecule has 0 spiro atoms. The molecule has 1 aromatic rings. The van der Waals surface area contributed by atoms with E-state index < -0.39 is 0 Å². The predicted octanol–water partition coefficient (Wildman–Crippen LogP) is 2.91. The Bertz CT molecular complexity index is 333. The SMILES string of the molecule is N#CCCNc1ccc(F)c(Br)c1. The molecule has 0 saturated heterocycles. The van der Waals surface area contributed by atoms with Crippen LogP contribution < -0.4 is 5.32 Å². The topological polar surface area (TPSA) is 35.8 Å². The Labute approximate surface area is 84.5 Å². The molecule has 0 aliphatic heterocycles. The minimum absolute atomic E-state index is 0.286. The Morgan fingerprint density at radius 2 is 2.31 bits per heavy atom. The molecule has 0 bridgehead atoms. The standard InChI is InChI=1S/C9H8BrFN2/c10-8-6-7(2-3-9(8)11)13-5-1-4-12/h2-3,6,13H,1,5H2. The molecule has 0 atom stereocenters. The molecule has 0 heterocycles. The lowest BCUT2D eigenvalue weighted by atomic mass is 10.3. The summed E-state index contributed by atoms with van der Waals surface area (Å²) in [6.45, 7) is 0.578. The quantitative estimate of drug-likeness (QED) is 0.828. The number of nitrogens with zero attached hydrogens (tertiary/aromatic N) is 1. The number of anilines is 1. The number of nitrogens with one attached hydrogen (secondary N) is 1. The van der Waals surface area contributed by atoms with Crippen LogP contribution in [-0.2, 0) is 0 Å². The number of nitriles is 1. The van der Waals surface area contributed by atoms with Gasteiger partial charge in [-0.15, -0.1) is 0 Å². The van der Waals surface area contributed by atoms with Crippen molar-refractivity contribution in [1.82, 2.24) is 0 Å². The molecule has 1 aromatic carbocycles. The highest BCUT2D eigenvalue weighted by Gasteiger charge is 1.98. The zero-order chi connectivity index (χ0) is 9.68. The van der Waals surface area contributed by atoms with Gasteiger partial charge in [0, 0.05) is 12.2 Å². The Morgan fingerprint density at radius 3 is 2.92 bits per heavy atom. The zero-order valence-electron chi connectivity index (χ0n) is 6.85. The highest BCUT2D eigenvalue weighted by Crippen LogP contribution is 2.19. The predicted molar refractivity (Wildman–Crippen MR) is 52.8 cm³/mol. The van der Waals surface area contributed by atoms with E-state index in [1.165, 1.54) is 6.07 Å². The molecule has 0 saturated carbocycles. The Kier molecular flexibility index (Phi) is 3.71. The maximum Gasteiger partial charge on any atom is 0.137 e. The van der Waals surface area contributed by atoms with E-state index in [1.54, 1.807) is 12.1 Å². The van der Waals surface area contributed by atoms with Gasteiger partial charge >= 0.3 is 0 Å². The lowest BCUT2D eigenvalue weighted by Gasteiger charge is -2.04. The van der Waals surface area contributed by atoms with Gasteiger partial charge in [0.25, 0.3) is 0 Å². The molecule has 13 heavy (non-hydrogen) atoms. The largest absolute Gasteiger partial charge is 0.384 e. The van der Waals surface area contributed by atoms with E-state index in [2.05, 4.69) is 21.2 Å². The van der Waals surface area contributed by atoms with Crippen molar-refractivity contribution in [2.45, 2.75) is 6.42 Å². The first-order valence-corrected chi connectivity index (χ1v) is 4.59. The molecule has 1 N–H and O–H groups in total. The summed E-state index contributed by atoms with van der Waals surface area (Å²) in [5.41, 5.74) is 0.809. The zero-order valence-corrected chi connectivity index (χ0v) is 8.44. The average molecular weight is 243 g/mol. The summed E-state index contributed by atoms with van der Waals surface area (Å²) < 4.78 is 13.2. The van der Waals surface area contributed by atoms with Crippen LogP contribution in [0, 0.1) is 17.1 Å². The average Bonchev–Trinajstić information content (AvgIpc) is 2.12. The van der Waals surface area contributed by atoms with Crippen molar-refractivity contribution in [3.63, 3.8) is 0 Å². The summed E-state index contributed by atoms with van der Waals surface area (Å²) in [6.07, 6.45) is 0.439. The maximum atomic E-state index is 12.8. The van der Waals surface area contributed by atoms with Gasteiger partial charge in [-0.3, -0.25) is 0 Å². The highest BCUT2D eigenvalue weighted by atomic mass is 79.9. The molecule has 0 fully saturated rings. The molecule has 0 aliphatic rings. The molecule has 0 aliphatic carbocycles.